The molecule has 2 aromatic carbocycles. The predicted molar refractivity (Wildman–Crippen MR) is 163 cm³/mol. The lowest BCUT2D eigenvalue weighted by atomic mass is 10.0. The van der Waals surface area contributed by atoms with Gasteiger partial charge in [-0.1, -0.05) is 12.7 Å². The first-order chi connectivity index (χ1) is 21.2. The average molecular weight is 599 g/mol. The van der Waals surface area contributed by atoms with Crippen molar-refractivity contribution in [2.24, 2.45) is 0 Å². The number of anilines is 1. The summed E-state index contributed by atoms with van der Waals surface area (Å²) in [5.41, 5.74) is 2.11. The molecular weight excluding hydrogens is 570 g/mol. The number of carbonyl (C=O) groups excluding carboxylic acids is 1. The maximum absolute atomic E-state index is 15.2. The molecule has 5 rings (SSSR count). The molecule has 9 nitrogen and oxygen atoms in total. The van der Waals surface area contributed by atoms with Gasteiger partial charge in [0.1, 0.15) is 29.3 Å². The fraction of sp³-hybridized carbons (Fsp3) is 0.152. The summed E-state index contributed by atoms with van der Waals surface area (Å²) < 4.78 is 46.5. The van der Waals surface area contributed by atoms with E-state index < -0.39 is 23.1 Å². The number of carbonyl (C=O) groups is 1. The maximum Gasteiger partial charge on any atom is 0.268 e. The number of aromatic nitrogens is 3. The molecule has 3 heterocycles. The molecule has 0 bridgehead atoms. The Morgan fingerprint density at radius 1 is 1.02 bits per heavy atom. The first-order valence-electron chi connectivity index (χ1n) is 13.5. The van der Waals surface area contributed by atoms with Crippen LogP contribution in [0.25, 0.3) is 22.8 Å². The van der Waals surface area contributed by atoms with Crippen molar-refractivity contribution in [2.45, 2.75) is 13.8 Å². The number of halogens is 2. The fourth-order valence-corrected chi connectivity index (χ4v) is 4.78. The first-order valence-corrected chi connectivity index (χ1v) is 13.5. The summed E-state index contributed by atoms with van der Waals surface area (Å²) in [6, 6.07) is 12.5. The molecule has 224 valence electrons. The topological polar surface area (TPSA) is 105 Å². The number of amides is 1. The van der Waals surface area contributed by atoms with Crippen LogP contribution in [0.4, 0.5) is 14.5 Å². The van der Waals surface area contributed by atoms with E-state index in [9.17, 15) is 14.0 Å². The van der Waals surface area contributed by atoms with E-state index in [0.29, 0.717) is 52.5 Å². The summed E-state index contributed by atoms with van der Waals surface area (Å²) in [6.07, 6.45) is 4.56. The van der Waals surface area contributed by atoms with Crippen molar-refractivity contribution in [3.05, 3.63) is 118 Å². The van der Waals surface area contributed by atoms with E-state index >= 15 is 4.39 Å². The minimum atomic E-state index is -0.761. The standard InChI is InChI=1S/C33H28F2N4O5/c1-5-25-19(2)30(33(41)39(20(25)3)23-9-6-21(34)7-10-23)32(40)38-22-8-11-28(26(35)16-22)44-29-12-13-36-27-17-24(18-37-31(27)29)43-15-14-42-4/h5-13,16-18H,1,14-15H2,2-4H3,(H,38,40). The van der Waals surface area contributed by atoms with Crippen molar-refractivity contribution < 1.29 is 27.8 Å². The van der Waals surface area contributed by atoms with Gasteiger partial charge in [-0.15, -0.1) is 0 Å². The van der Waals surface area contributed by atoms with E-state index in [0.717, 1.165) is 6.07 Å². The highest BCUT2D eigenvalue weighted by Crippen LogP contribution is 2.32. The molecule has 0 saturated heterocycles. The molecule has 0 unspecified atom stereocenters. The number of nitrogens with one attached hydrogen (secondary N) is 1. The van der Waals surface area contributed by atoms with Gasteiger partial charge < -0.3 is 19.5 Å². The van der Waals surface area contributed by atoms with Crippen LogP contribution in [-0.4, -0.2) is 40.8 Å². The zero-order valence-electron chi connectivity index (χ0n) is 24.2. The summed E-state index contributed by atoms with van der Waals surface area (Å²) in [6.45, 7) is 7.92. The van der Waals surface area contributed by atoms with Gasteiger partial charge in [-0.2, -0.15) is 0 Å². The van der Waals surface area contributed by atoms with Crippen LogP contribution in [0.15, 0.2) is 78.4 Å². The van der Waals surface area contributed by atoms with Gasteiger partial charge in [-0.3, -0.25) is 19.1 Å². The lowest BCUT2D eigenvalue weighted by Gasteiger charge is -2.18. The van der Waals surface area contributed by atoms with E-state index in [1.165, 1.54) is 53.4 Å². The maximum atomic E-state index is 15.2. The SMILES string of the molecule is C=Cc1c(C)c(C(=O)Nc2ccc(Oc3ccnc4cc(OCCOC)cnc34)c(F)c2)c(=O)n(-c2ccc(F)cc2)c1C. The number of rotatable bonds is 10. The van der Waals surface area contributed by atoms with Crippen molar-refractivity contribution in [3.63, 3.8) is 0 Å². The molecule has 1 N–H and O–H groups in total. The van der Waals surface area contributed by atoms with Gasteiger partial charge in [0.25, 0.3) is 11.5 Å². The van der Waals surface area contributed by atoms with Gasteiger partial charge in [-0.05, 0) is 61.4 Å². The van der Waals surface area contributed by atoms with Crippen molar-refractivity contribution in [2.75, 3.05) is 25.6 Å². The Balaban J connectivity index is 1.41. The molecule has 0 saturated carbocycles. The number of methoxy groups -OCH3 is 1. The number of hydrogen-bond donors (Lipinski definition) is 1. The Hall–Kier alpha value is -5.42. The van der Waals surface area contributed by atoms with Crippen LogP contribution in [0, 0.1) is 25.5 Å². The quantitative estimate of drug-likeness (QED) is 0.186. The number of ether oxygens (including phenoxy) is 3. The molecular formula is C33H28F2N4O5. The second kappa shape index (κ2) is 12.8. The molecule has 11 heteroatoms. The lowest BCUT2D eigenvalue weighted by molar-refractivity contribution is 0.102. The number of nitrogens with zero attached hydrogens (tertiary/aromatic N) is 3. The fourth-order valence-electron chi connectivity index (χ4n) is 4.78. The highest BCUT2D eigenvalue weighted by Gasteiger charge is 2.22. The Bertz CT molecular complexity index is 1940. The number of hydrogen-bond acceptors (Lipinski definition) is 7. The monoisotopic (exact) mass is 598 g/mol. The van der Waals surface area contributed by atoms with Crippen LogP contribution in [0.5, 0.6) is 17.2 Å². The summed E-state index contributed by atoms with van der Waals surface area (Å²) in [5.74, 6) is -1.32. The van der Waals surface area contributed by atoms with E-state index in [2.05, 4.69) is 21.9 Å². The molecule has 0 aliphatic carbocycles. The van der Waals surface area contributed by atoms with Crippen LogP contribution < -0.4 is 20.3 Å². The van der Waals surface area contributed by atoms with Gasteiger partial charge in [0.15, 0.2) is 17.3 Å². The number of benzene rings is 2. The smallest absolute Gasteiger partial charge is 0.268 e. The third kappa shape index (κ3) is 6.04. The Kier molecular flexibility index (Phi) is 8.77. The Morgan fingerprint density at radius 2 is 1.80 bits per heavy atom. The van der Waals surface area contributed by atoms with Crippen molar-refractivity contribution in [1.82, 2.24) is 14.5 Å². The van der Waals surface area contributed by atoms with Gasteiger partial charge in [0, 0.05) is 48.6 Å². The van der Waals surface area contributed by atoms with Crippen LogP contribution in [-0.2, 0) is 4.74 Å². The molecule has 0 fully saturated rings. The molecule has 0 aliphatic heterocycles. The van der Waals surface area contributed by atoms with Crippen molar-refractivity contribution >= 4 is 28.7 Å². The minimum absolute atomic E-state index is 0.100. The molecule has 0 radical (unpaired) electrons. The minimum Gasteiger partial charge on any atom is -0.489 e. The summed E-state index contributed by atoms with van der Waals surface area (Å²) in [5, 5.41) is 2.60. The van der Waals surface area contributed by atoms with Gasteiger partial charge in [0.2, 0.25) is 0 Å². The second-order valence-electron chi connectivity index (χ2n) is 9.71. The second-order valence-corrected chi connectivity index (χ2v) is 9.71. The van der Waals surface area contributed by atoms with Crippen molar-refractivity contribution in [3.8, 4) is 22.9 Å². The lowest BCUT2D eigenvalue weighted by Crippen LogP contribution is -2.32. The predicted octanol–water partition coefficient (Wildman–Crippen LogP) is 6.39. The highest BCUT2D eigenvalue weighted by molar-refractivity contribution is 6.05. The third-order valence-electron chi connectivity index (χ3n) is 6.92. The molecule has 5 aromatic rings. The van der Waals surface area contributed by atoms with Crippen molar-refractivity contribution in [1.29, 1.82) is 0 Å². The van der Waals surface area contributed by atoms with E-state index in [-0.39, 0.29) is 22.7 Å². The molecule has 0 atom stereocenters. The number of fused-ring (bicyclic) bond motifs is 1. The molecule has 0 spiro atoms. The molecule has 3 aromatic heterocycles. The van der Waals surface area contributed by atoms with Crippen LogP contribution in [0.2, 0.25) is 0 Å². The number of pyridine rings is 3. The van der Waals surface area contributed by atoms with Crippen LogP contribution in [0.1, 0.15) is 27.2 Å². The van der Waals surface area contributed by atoms with Gasteiger partial charge >= 0.3 is 0 Å². The van der Waals surface area contributed by atoms with E-state index in [1.54, 1.807) is 39.2 Å². The Morgan fingerprint density at radius 3 is 2.50 bits per heavy atom. The zero-order chi connectivity index (χ0) is 31.4. The summed E-state index contributed by atoms with van der Waals surface area (Å²) in [4.78, 5) is 35.6. The summed E-state index contributed by atoms with van der Waals surface area (Å²) >= 11 is 0. The van der Waals surface area contributed by atoms with E-state index in [1.807, 2.05) is 0 Å². The average Bonchev–Trinajstić information content (AvgIpc) is 3.00. The zero-order valence-corrected chi connectivity index (χ0v) is 24.2. The first kappa shape index (κ1) is 30.1. The largest absolute Gasteiger partial charge is 0.489 e. The van der Waals surface area contributed by atoms with E-state index in [4.69, 9.17) is 14.2 Å². The van der Waals surface area contributed by atoms with Gasteiger partial charge in [0.05, 0.1) is 18.3 Å². The third-order valence-corrected chi connectivity index (χ3v) is 6.92. The van der Waals surface area contributed by atoms with Crippen LogP contribution in [0.3, 0.4) is 0 Å². The summed E-state index contributed by atoms with van der Waals surface area (Å²) in [7, 11) is 1.57. The molecule has 1 amide bonds. The Labute approximate surface area is 251 Å². The van der Waals surface area contributed by atoms with Crippen LogP contribution >= 0.6 is 0 Å². The van der Waals surface area contributed by atoms with Gasteiger partial charge in [-0.25, -0.2) is 13.8 Å². The highest BCUT2D eigenvalue weighted by atomic mass is 19.1. The molecule has 0 aliphatic rings. The normalized spacial score (nSPS) is 10.9. The molecule has 44 heavy (non-hydrogen) atoms.